The van der Waals surface area contributed by atoms with Crippen molar-refractivity contribution >= 4 is 15.8 Å². The quantitative estimate of drug-likeness (QED) is 0.604. The standard InChI is InChI=1S/C12H21N5O2S/c1-16(2)10-5-7-17(8-6-10)20(18,19)11-3-4-12(15-13)14-9-11/h3-4,9-10H,5-8,13H2,1-2H3,(H,14,15). The van der Waals surface area contributed by atoms with Gasteiger partial charge >= 0.3 is 0 Å². The summed E-state index contributed by atoms with van der Waals surface area (Å²) in [6, 6.07) is 3.53. The number of pyridine rings is 1. The number of hydrogen-bond donors (Lipinski definition) is 2. The molecule has 3 N–H and O–H groups in total. The van der Waals surface area contributed by atoms with Crippen LogP contribution in [0.3, 0.4) is 0 Å². The van der Waals surface area contributed by atoms with Crippen LogP contribution in [0.15, 0.2) is 23.2 Å². The van der Waals surface area contributed by atoms with Crippen LogP contribution in [-0.2, 0) is 10.0 Å². The van der Waals surface area contributed by atoms with Crippen molar-refractivity contribution in [1.82, 2.24) is 14.2 Å². The molecule has 0 saturated carbocycles. The first-order chi connectivity index (χ1) is 9.45. The first kappa shape index (κ1) is 15.2. The smallest absolute Gasteiger partial charge is 0.244 e. The first-order valence-corrected chi connectivity index (χ1v) is 7.98. The molecule has 0 aromatic carbocycles. The van der Waals surface area contributed by atoms with E-state index in [1.165, 1.54) is 16.6 Å². The zero-order valence-electron chi connectivity index (χ0n) is 11.8. The van der Waals surface area contributed by atoms with Crippen LogP contribution in [-0.4, -0.2) is 55.8 Å². The highest BCUT2D eigenvalue weighted by molar-refractivity contribution is 7.89. The van der Waals surface area contributed by atoms with E-state index in [0.29, 0.717) is 24.9 Å². The van der Waals surface area contributed by atoms with Gasteiger partial charge in [-0.3, -0.25) is 0 Å². The van der Waals surface area contributed by atoms with Gasteiger partial charge in [0.25, 0.3) is 0 Å². The molecule has 2 heterocycles. The maximum Gasteiger partial charge on any atom is 0.244 e. The van der Waals surface area contributed by atoms with Crippen LogP contribution in [0.25, 0.3) is 0 Å². The minimum absolute atomic E-state index is 0.208. The molecule has 0 bridgehead atoms. The van der Waals surface area contributed by atoms with Gasteiger partial charge in [-0.1, -0.05) is 0 Å². The van der Waals surface area contributed by atoms with Crippen molar-refractivity contribution < 1.29 is 8.42 Å². The summed E-state index contributed by atoms with van der Waals surface area (Å²) >= 11 is 0. The van der Waals surface area contributed by atoms with Crippen molar-refractivity contribution in [2.45, 2.75) is 23.8 Å². The Morgan fingerprint density at radius 2 is 2.00 bits per heavy atom. The maximum atomic E-state index is 12.5. The van der Waals surface area contributed by atoms with Gasteiger partial charge in [-0.25, -0.2) is 19.2 Å². The largest absolute Gasteiger partial charge is 0.308 e. The van der Waals surface area contributed by atoms with E-state index in [2.05, 4.69) is 15.3 Å². The van der Waals surface area contributed by atoms with Crippen LogP contribution in [0.1, 0.15) is 12.8 Å². The lowest BCUT2D eigenvalue weighted by molar-refractivity contribution is 0.196. The van der Waals surface area contributed by atoms with Crippen molar-refractivity contribution in [2.75, 3.05) is 32.6 Å². The molecule has 1 saturated heterocycles. The summed E-state index contributed by atoms with van der Waals surface area (Å²) in [5.74, 6) is 5.66. The van der Waals surface area contributed by atoms with E-state index in [0.717, 1.165) is 12.8 Å². The van der Waals surface area contributed by atoms with Gasteiger partial charge in [-0.15, -0.1) is 0 Å². The fourth-order valence-electron chi connectivity index (χ4n) is 2.37. The first-order valence-electron chi connectivity index (χ1n) is 6.54. The molecule has 0 spiro atoms. The lowest BCUT2D eigenvalue weighted by Gasteiger charge is -2.34. The third-order valence-corrected chi connectivity index (χ3v) is 5.56. The third-order valence-electron chi connectivity index (χ3n) is 3.68. The summed E-state index contributed by atoms with van der Waals surface area (Å²) in [5, 5.41) is 0. The number of hydrazine groups is 1. The topological polar surface area (TPSA) is 91.6 Å². The molecule has 0 radical (unpaired) electrons. The minimum Gasteiger partial charge on any atom is -0.308 e. The Morgan fingerprint density at radius 1 is 1.35 bits per heavy atom. The highest BCUT2D eigenvalue weighted by Crippen LogP contribution is 2.22. The lowest BCUT2D eigenvalue weighted by atomic mass is 10.1. The van der Waals surface area contributed by atoms with Crippen molar-refractivity contribution in [1.29, 1.82) is 0 Å². The summed E-state index contributed by atoms with van der Waals surface area (Å²) in [7, 11) is 0.598. The molecule has 1 aromatic heterocycles. The van der Waals surface area contributed by atoms with Crippen LogP contribution >= 0.6 is 0 Å². The molecule has 1 aliphatic heterocycles. The molecule has 112 valence electrons. The molecule has 1 aliphatic rings. The lowest BCUT2D eigenvalue weighted by Crippen LogP contribution is -2.44. The number of nitrogens with one attached hydrogen (secondary N) is 1. The summed E-state index contributed by atoms with van der Waals surface area (Å²) in [6.45, 7) is 1.09. The Morgan fingerprint density at radius 3 is 2.45 bits per heavy atom. The highest BCUT2D eigenvalue weighted by atomic mass is 32.2. The second-order valence-corrected chi connectivity index (χ2v) is 7.06. The molecular weight excluding hydrogens is 278 g/mol. The van der Waals surface area contributed by atoms with E-state index in [4.69, 9.17) is 5.84 Å². The molecular formula is C12H21N5O2S. The van der Waals surface area contributed by atoms with E-state index < -0.39 is 10.0 Å². The molecule has 20 heavy (non-hydrogen) atoms. The van der Waals surface area contributed by atoms with E-state index in [9.17, 15) is 8.42 Å². The van der Waals surface area contributed by atoms with Crippen LogP contribution in [0, 0.1) is 0 Å². The number of nitrogen functional groups attached to an aromatic ring is 1. The average molecular weight is 299 g/mol. The van der Waals surface area contributed by atoms with Crippen LogP contribution < -0.4 is 11.3 Å². The van der Waals surface area contributed by atoms with Crippen LogP contribution in [0.4, 0.5) is 5.82 Å². The van der Waals surface area contributed by atoms with Gasteiger partial charge in [0.1, 0.15) is 10.7 Å². The Hall–Kier alpha value is -1.22. The summed E-state index contributed by atoms with van der Waals surface area (Å²) < 4.78 is 26.5. The molecule has 0 amide bonds. The Bertz CT molecular complexity index is 535. The molecule has 0 unspecified atom stereocenters. The number of rotatable bonds is 4. The summed E-state index contributed by atoms with van der Waals surface area (Å²) in [4.78, 5) is 6.31. The van der Waals surface area contributed by atoms with Gasteiger partial charge < -0.3 is 10.3 Å². The van der Waals surface area contributed by atoms with Crippen molar-refractivity contribution in [3.8, 4) is 0 Å². The Labute approximate surface area is 119 Å². The van der Waals surface area contributed by atoms with Gasteiger partial charge in [-0.05, 0) is 39.1 Å². The predicted molar refractivity (Wildman–Crippen MR) is 77.5 cm³/mol. The monoisotopic (exact) mass is 299 g/mol. The molecule has 0 aliphatic carbocycles. The van der Waals surface area contributed by atoms with Crippen molar-refractivity contribution in [2.24, 2.45) is 5.84 Å². The van der Waals surface area contributed by atoms with E-state index in [1.807, 2.05) is 14.1 Å². The van der Waals surface area contributed by atoms with Crippen molar-refractivity contribution in [3.05, 3.63) is 18.3 Å². The number of sulfonamides is 1. The van der Waals surface area contributed by atoms with Gasteiger partial charge in [0, 0.05) is 25.3 Å². The predicted octanol–water partition coefficient (Wildman–Crippen LogP) is 0.0819. The highest BCUT2D eigenvalue weighted by Gasteiger charge is 2.30. The molecule has 1 fully saturated rings. The Balaban J connectivity index is 2.11. The van der Waals surface area contributed by atoms with E-state index in [1.54, 1.807) is 6.07 Å². The number of anilines is 1. The van der Waals surface area contributed by atoms with Crippen LogP contribution in [0.5, 0.6) is 0 Å². The Kier molecular flexibility index (Phi) is 4.59. The second kappa shape index (κ2) is 6.04. The third kappa shape index (κ3) is 3.09. The number of nitrogens with two attached hydrogens (primary N) is 1. The van der Waals surface area contributed by atoms with E-state index in [-0.39, 0.29) is 4.90 Å². The second-order valence-electron chi connectivity index (χ2n) is 5.12. The van der Waals surface area contributed by atoms with Gasteiger partial charge in [0.15, 0.2) is 0 Å². The zero-order chi connectivity index (χ0) is 14.8. The molecule has 7 nitrogen and oxygen atoms in total. The van der Waals surface area contributed by atoms with Crippen LogP contribution in [0.2, 0.25) is 0 Å². The maximum absolute atomic E-state index is 12.5. The molecule has 0 atom stereocenters. The fourth-order valence-corrected chi connectivity index (χ4v) is 3.78. The molecule has 1 aromatic rings. The number of hydrogen-bond acceptors (Lipinski definition) is 6. The molecule has 2 rings (SSSR count). The number of nitrogens with zero attached hydrogens (tertiary/aromatic N) is 3. The minimum atomic E-state index is -3.45. The number of aromatic nitrogens is 1. The normalized spacial score (nSPS) is 18.4. The SMILES string of the molecule is CN(C)C1CCN(S(=O)(=O)c2ccc(NN)nc2)CC1. The summed E-state index contributed by atoms with van der Waals surface area (Å²) in [6.07, 6.45) is 3.03. The van der Waals surface area contributed by atoms with Crippen molar-refractivity contribution in [3.63, 3.8) is 0 Å². The summed E-state index contributed by atoms with van der Waals surface area (Å²) in [5.41, 5.74) is 2.38. The van der Waals surface area contributed by atoms with Gasteiger partial charge in [0.05, 0.1) is 0 Å². The van der Waals surface area contributed by atoms with Gasteiger partial charge in [-0.2, -0.15) is 4.31 Å². The van der Waals surface area contributed by atoms with Gasteiger partial charge in [0.2, 0.25) is 10.0 Å². The molecule has 8 heteroatoms. The average Bonchev–Trinajstić information content (AvgIpc) is 2.47. The zero-order valence-corrected chi connectivity index (χ0v) is 12.6. The fraction of sp³-hybridized carbons (Fsp3) is 0.583. The van der Waals surface area contributed by atoms with E-state index >= 15 is 0 Å². The number of piperidine rings is 1.